The normalized spacial score (nSPS) is 20.1. The van der Waals surface area contributed by atoms with Crippen LogP contribution in [0, 0.1) is 0 Å². The molecule has 1 atom stereocenters. The first-order valence-electron chi connectivity index (χ1n) is 4.96. The summed E-state index contributed by atoms with van der Waals surface area (Å²) in [5, 5.41) is 9.14. The zero-order valence-corrected chi connectivity index (χ0v) is 8.92. The van der Waals surface area contributed by atoms with E-state index in [4.69, 9.17) is 10.8 Å². The minimum atomic E-state index is -0.329. The molecule has 2 rings (SSSR count). The van der Waals surface area contributed by atoms with Crippen molar-refractivity contribution < 1.29 is 9.90 Å². The van der Waals surface area contributed by atoms with Gasteiger partial charge in [0.2, 0.25) is 0 Å². The third-order valence-electron chi connectivity index (χ3n) is 2.70. The second kappa shape index (κ2) is 3.84. The van der Waals surface area contributed by atoms with E-state index in [9.17, 15) is 4.79 Å². The summed E-state index contributed by atoms with van der Waals surface area (Å²) in [5.41, 5.74) is 6.52. The fraction of sp³-hybridized carbons (Fsp3) is 0.273. The quantitative estimate of drug-likeness (QED) is 0.738. The van der Waals surface area contributed by atoms with E-state index in [0.717, 1.165) is 5.56 Å². The predicted octanol–water partition coefficient (Wildman–Crippen LogP) is 0.0900. The molecule has 0 unspecified atom stereocenters. The highest BCUT2D eigenvalue weighted by atomic mass is 16.3. The van der Waals surface area contributed by atoms with Gasteiger partial charge in [-0.25, -0.2) is 0 Å². The van der Waals surface area contributed by atoms with Gasteiger partial charge in [0.25, 0.3) is 5.91 Å². The van der Waals surface area contributed by atoms with Crippen LogP contribution >= 0.6 is 0 Å². The molecule has 0 bridgehead atoms. The fourth-order valence-electron chi connectivity index (χ4n) is 1.67. The Bertz CT molecular complexity index is 439. The molecule has 16 heavy (non-hydrogen) atoms. The Labute approximate surface area is 93.2 Å². The molecular formula is C11H13N3O2. The molecule has 3 N–H and O–H groups in total. The van der Waals surface area contributed by atoms with Gasteiger partial charge in [0, 0.05) is 13.5 Å². The van der Waals surface area contributed by atoms with Crippen molar-refractivity contribution in [2.75, 3.05) is 7.05 Å². The second-order valence-corrected chi connectivity index (χ2v) is 3.81. The van der Waals surface area contributed by atoms with Crippen LogP contribution in [0.4, 0.5) is 0 Å². The molecule has 0 radical (unpaired) electrons. The number of nitrogens with zero attached hydrogens (tertiary/aromatic N) is 2. The summed E-state index contributed by atoms with van der Waals surface area (Å²) in [7, 11) is 1.74. The molecular weight excluding hydrogens is 206 g/mol. The second-order valence-electron chi connectivity index (χ2n) is 3.81. The molecule has 0 saturated heterocycles. The van der Waals surface area contributed by atoms with Crippen LogP contribution in [0.2, 0.25) is 0 Å². The van der Waals surface area contributed by atoms with Crippen LogP contribution in [0.5, 0.6) is 5.75 Å². The number of benzene rings is 1. The molecule has 0 spiro atoms. The molecule has 0 aliphatic carbocycles. The van der Waals surface area contributed by atoms with Gasteiger partial charge in [-0.1, -0.05) is 12.1 Å². The zero-order chi connectivity index (χ0) is 11.7. The van der Waals surface area contributed by atoms with Crippen molar-refractivity contribution >= 4 is 11.9 Å². The average Bonchev–Trinajstić information content (AvgIpc) is 2.48. The number of hydrogen-bond acceptors (Lipinski definition) is 4. The van der Waals surface area contributed by atoms with E-state index in [1.165, 1.54) is 0 Å². The van der Waals surface area contributed by atoms with Gasteiger partial charge in [-0.3, -0.25) is 4.79 Å². The van der Waals surface area contributed by atoms with Gasteiger partial charge in [0.1, 0.15) is 11.8 Å². The number of likely N-dealkylation sites (N-methyl/N-ethyl adjacent to an activating group) is 1. The number of amides is 1. The molecule has 84 valence electrons. The molecule has 5 nitrogen and oxygen atoms in total. The molecule has 1 aliphatic rings. The van der Waals surface area contributed by atoms with Gasteiger partial charge in [0.15, 0.2) is 5.96 Å². The number of rotatable bonds is 2. The summed E-state index contributed by atoms with van der Waals surface area (Å²) in [6.45, 7) is 0. The van der Waals surface area contributed by atoms with Crippen molar-refractivity contribution in [1.29, 1.82) is 0 Å². The molecule has 0 saturated carbocycles. The number of carbonyl (C=O) groups excluding carboxylic acids is 1. The predicted molar refractivity (Wildman–Crippen MR) is 60.0 cm³/mol. The van der Waals surface area contributed by atoms with Crippen LogP contribution in [0.25, 0.3) is 0 Å². The highest BCUT2D eigenvalue weighted by Gasteiger charge is 2.30. The van der Waals surface area contributed by atoms with Crippen molar-refractivity contribution in [3.8, 4) is 5.75 Å². The smallest absolute Gasteiger partial charge is 0.271 e. The van der Waals surface area contributed by atoms with Crippen LogP contribution in [-0.4, -0.2) is 35.0 Å². The van der Waals surface area contributed by atoms with Gasteiger partial charge < -0.3 is 15.7 Å². The van der Waals surface area contributed by atoms with Crippen LogP contribution < -0.4 is 5.73 Å². The first-order chi connectivity index (χ1) is 7.58. The van der Waals surface area contributed by atoms with Crippen molar-refractivity contribution in [2.45, 2.75) is 12.5 Å². The summed E-state index contributed by atoms with van der Waals surface area (Å²) in [5.74, 6) is 0.257. The maximum absolute atomic E-state index is 11.5. The summed E-state index contributed by atoms with van der Waals surface area (Å²) < 4.78 is 0. The van der Waals surface area contributed by atoms with Crippen molar-refractivity contribution in [3.05, 3.63) is 29.8 Å². The third kappa shape index (κ3) is 1.84. The number of nitrogens with two attached hydrogens (primary N) is 1. The fourth-order valence-corrected chi connectivity index (χ4v) is 1.67. The first kappa shape index (κ1) is 10.5. The van der Waals surface area contributed by atoms with Gasteiger partial charge in [0.05, 0.1) is 0 Å². The molecule has 5 heteroatoms. The van der Waals surface area contributed by atoms with E-state index in [2.05, 4.69) is 4.99 Å². The van der Waals surface area contributed by atoms with E-state index in [-0.39, 0.29) is 23.7 Å². The Morgan fingerprint density at radius 2 is 2.06 bits per heavy atom. The van der Waals surface area contributed by atoms with Crippen molar-refractivity contribution in [3.63, 3.8) is 0 Å². The number of phenols is 1. The molecule has 1 heterocycles. The van der Waals surface area contributed by atoms with Crippen molar-refractivity contribution in [1.82, 2.24) is 4.90 Å². The standard InChI is InChI=1S/C11H13N3O2/c1-14-9(10(16)13-11(14)12)6-7-2-4-8(15)5-3-7/h2-5,9,15H,6H2,1H3,(H2,12,13,16)/t9-/m1/s1. The van der Waals surface area contributed by atoms with E-state index in [1.54, 1.807) is 36.2 Å². The number of carbonyl (C=O) groups is 1. The molecule has 0 aromatic heterocycles. The minimum Gasteiger partial charge on any atom is -0.508 e. The van der Waals surface area contributed by atoms with Crippen molar-refractivity contribution in [2.24, 2.45) is 10.7 Å². The van der Waals surface area contributed by atoms with Gasteiger partial charge in [-0.2, -0.15) is 4.99 Å². The third-order valence-corrected chi connectivity index (χ3v) is 2.70. The van der Waals surface area contributed by atoms with Crippen LogP contribution in [-0.2, 0) is 11.2 Å². The Hall–Kier alpha value is -2.04. The minimum absolute atomic E-state index is 0.214. The average molecular weight is 219 g/mol. The van der Waals surface area contributed by atoms with E-state index in [1.807, 2.05) is 0 Å². The van der Waals surface area contributed by atoms with Crippen LogP contribution in [0.15, 0.2) is 29.3 Å². The van der Waals surface area contributed by atoms with Gasteiger partial charge in [-0.15, -0.1) is 0 Å². The topological polar surface area (TPSA) is 78.9 Å². The maximum Gasteiger partial charge on any atom is 0.271 e. The lowest BCUT2D eigenvalue weighted by molar-refractivity contribution is -0.120. The van der Waals surface area contributed by atoms with Crippen LogP contribution in [0.3, 0.4) is 0 Å². The molecule has 1 amide bonds. The van der Waals surface area contributed by atoms with Gasteiger partial charge in [-0.05, 0) is 17.7 Å². The molecule has 1 aromatic rings. The lowest BCUT2D eigenvalue weighted by Crippen LogP contribution is -2.39. The van der Waals surface area contributed by atoms with E-state index >= 15 is 0 Å². The Morgan fingerprint density at radius 3 is 2.56 bits per heavy atom. The molecule has 1 aliphatic heterocycles. The largest absolute Gasteiger partial charge is 0.508 e. The highest BCUT2D eigenvalue weighted by Crippen LogP contribution is 2.16. The number of aliphatic imine (C=N–C) groups is 1. The molecule has 0 fully saturated rings. The Kier molecular flexibility index (Phi) is 2.52. The number of phenolic OH excluding ortho intramolecular Hbond substituents is 1. The SMILES string of the molecule is CN1C(N)=NC(=O)[C@H]1Cc1ccc(O)cc1. The Balaban J connectivity index is 2.11. The van der Waals surface area contributed by atoms with Gasteiger partial charge >= 0.3 is 0 Å². The lowest BCUT2D eigenvalue weighted by atomic mass is 10.1. The summed E-state index contributed by atoms with van der Waals surface area (Å²) in [6, 6.07) is 6.43. The number of aromatic hydroxyl groups is 1. The lowest BCUT2D eigenvalue weighted by Gasteiger charge is -2.19. The number of hydrogen-bond donors (Lipinski definition) is 2. The van der Waals surface area contributed by atoms with E-state index in [0.29, 0.717) is 6.42 Å². The maximum atomic E-state index is 11.5. The van der Waals surface area contributed by atoms with E-state index < -0.39 is 0 Å². The Morgan fingerprint density at radius 1 is 1.44 bits per heavy atom. The number of guanidine groups is 1. The summed E-state index contributed by atoms with van der Waals surface area (Å²) in [6.07, 6.45) is 0.541. The summed E-state index contributed by atoms with van der Waals surface area (Å²) >= 11 is 0. The highest BCUT2D eigenvalue weighted by molar-refractivity contribution is 6.02. The summed E-state index contributed by atoms with van der Waals surface area (Å²) in [4.78, 5) is 16.9. The monoisotopic (exact) mass is 219 g/mol. The first-order valence-corrected chi connectivity index (χ1v) is 4.96. The van der Waals surface area contributed by atoms with Crippen LogP contribution in [0.1, 0.15) is 5.56 Å². The molecule has 1 aromatic carbocycles. The zero-order valence-electron chi connectivity index (χ0n) is 8.92.